The molecule has 0 bridgehead atoms. The van der Waals surface area contributed by atoms with Gasteiger partial charge >= 0.3 is 5.97 Å². The number of halogens is 1. The van der Waals surface area contributed by atoms with Gasteiger partial charge in [-0.3, -0.25) is 14.6 Å². The lowest BCUT2D eigenvalue weighted by atomic mass is 9.54. The molecule has 4 rings (SSSR count). The van der Waals surface area contributed by atoms with Crippen molar-refractivity contribution in [2.45, 2.75) is 33.3 Å². The Bertz CT molecular complexity index is 1090. The summed E-state index contributed by atoms with van der Waals surface area (Å²) < 4.78 is 19.2. The number of aromatic nitrogens is 1. The normalized spacial score (nSPS) is 30.7. The molecule has 2 aliphatic rings. The van der Waals surface area contributed by atoms with Crippen LogP contribution in [0.2, 0.25) is 0 Å². The summed E-state index contributed by atoms with van der Waals surface area (Å²) in [6.45, 7) is 5.96. The van der Waals surface area contributed by atoms with Crippen LogP contribution in [-0.2, 0) is 14.3 Å². The van der Waals surface area contributed by atoms with E-state index in [9.17, 15) is 14.0 Å². The maximum Gasteiger partial charge on any atom is 0.322 e. The number of nitrogens with zero attached hydrogens (tertiary/aromatic N) is 1. The number of hydrogen-bond acceptors (Lipinski definition) is 5. The number of esters is 1. The van der Waals surface area contributed by atoms with Crippen molar-refractivity contribution in [1.29, 1.82) is 0 Å². The molecule has 1 aliphatic carbocycles. The van der Waals surface area contributed by atoms with Crippen LogP contribution in [-0.4, -0.2) is 41.2 Å². The molecule has 6 atom stereocenters. The SMILES string of the molecule is CC1C[C@@]2(C(=O)NCCO)C(=O)O[C@H](C)C2C(/C=C/c2ccc(-c3cccc(F)c3)cn2)C1C. The van der Waals surface area contributed by atoms with Gasteiger partial charge in [0.2, 0.25) is 5.91 Å². The molecule has 1 aromatic heterocycles. The molecule has 0 spiro atoms. The third kappa shape index (κ3) is 4.25. The molecule has 1 amide bonds. The Hall–Kier alpha value is -3.06. The highest BCUT2D eigenvalue weighted by Gasteiger charge is 2.66. The standard InChI is InChI=1S/C27H31FN2O4/c1-16-14-27(25(32)29-11-12-31)24(18(3)34-26(27)33)23(17(16)2)10-9-22-8-7-20(15-30-22)19-5-4-6-21(28)13-19/h4-10,13,15-18,23-24,31H,11-12,14H2,1-3H3,(H,29,32)/b10-9+/t16?,17?,18-,23?,24?,27-/m1/s1. The zero-order chi connectivity index (χ0) is 24.5. The second-order valence-corrected chi connectivity index (χ2v) is 9.55. The fraction of sp³-hybridized carbons (Fsp3) is 0.444. The molecular weight excluding hydrogens is 435 g/mol. The predicted molar refractivity (Wildman–Crippen MR) is 127 cm³/mol. The number of allylic oxidation sites excluding steroid dienone is 1. The Morgan fingerprint density at radius 1 is 1.26 bits per heavy atom. The molecule has 2 heterocycles. The summed E-state index contributed by atoms with van der Waals surface area (Å²) in [6.07, 6.45) is 5.69. The number of fused-ring (bicyclic) bond motifs is 1. The van der Waals surface area contributed by atoms with E-state index in [-0.39, 0.29) is 48.5 Å². The Morgan fingerprint density at radius 2 is 2.06 bits per heavy atom. The molecule has 2 N–H and O–H groups in total. The summed E-state index contributed by atoms with van der Waals surface area (Å²) in [5, 5.41) is 11.9. The van der Waals surface area contributed by atoms with Crippen LogP contribution in [0.4, 0.5) is 4.39 Å². The summed E-state index contributed by atoms with van der Waals surface area (Å²) >= 11 is 0. The van der Waals surface area contributed by atoms with Crippen molar-refractivity contribution in [2.24, 2.45) is 29.1 Å². The molecule has 6 nitrogen and oxygen atoms in total. The van der Waals surface area contributed by atoms with E-state index >= 15 is 0 Å². The van der Waals surface area contributed by atoms with Gasteiger partial charge < -0.3 is 15.2 Å². The van der Waals surface area contributed by atoms with Gasteiger partial charge in [0.25, 0.3) is 0 Å². The second-order valence-electron chi connectivity index (χ2n) is 9.55. The van der Waals surface area contributed by atoms with Crippen LogP contribution in [0.25, 0.3) is 17.2 Å². The molecule has 1 aliphatic heterocycles. The van der Waals surface area contributed by atoms with Crippen molar-refractivity contribution < 1.29 is 23.8 Å². The number of carbonyl (C=O) groups is 2. The molecular formula is C27H31FN2O4. The van der Waals surface area contributed by atoms with Crippen LogP contribution in [0, 0.1) is 34.9 Å². The molecule has 180 valence electrons. The van der Waals surface area contributed by atoms with Crippen LogP contribution in [0.15, 0.2) is 48.7 Å². The Morgan fingerprint density at radius 3 is 2.74 bits per heavy atom. The number of rotatable bonds is 6. The van der Waals surface area contributed by atoms with Gasteiger partial charge in [-0.15, -0.1) is 0 Å². The Balaban J connectivity index is 1.62. The summed E-state index contributed by atoms with van der Waals surface area (Å²) in [6, 6.07) is 10.1. The minimum Gasteiger partial charge on any atom is -0.461 e. The summed E-state index contributed by atoms with van der Waals surface area (Å²) in [5.41, 5.74) is 1.05. The monoisotopic (exact) mass is 466 g/mol. The number of hydrogen-bond donors (Lipinski definition) is 2. The number of aliphatic hydroxyl groups is 1. The smallest absolute Gasteiger partial charge is 0.322 e. The summed E-state index contributed by atoms with van der Waals surface area (Å²) in [5.74, 6) is -1.18. The molecule has 1 aromatic carbocycles. The van der Waals surface area contributed by atoms with Gasteiger partial charge in [0.05, 0.1) is 12.3 Å². The van der Waals surface area contributed by atoms with Gasteiger partial charge in [-0.1, -0.05) is 38.1 Å². The molecule has 2 aromatic rings. The van der Waals surface area contributed by atoms with E-state index in [1.165, 1.54) is 12.1 Å². The fourth-order valence-electron chi connectivity index (χ4n) is 5.66. The highest BCUT2D eigenvalue weighted by molar-refractivity contribution is 6.04. The van der Waals surface area contributed by atoms with E-state index in [1.807, 2.05) is 37.3 Å². The van der Waals surface area contributed by atoms with Gasteiger partial charge in [-0.25, -0.2) is 4.39 Å². The van der Waals surface area contributed by atoms with Crippen LogP contribution in [0.3, 0.4) is 0 Å². The van der Waals surface area contributed by atoms with Crippen molar-refractivity contribution >= 4 is 18.0 Å². The summed E-state index contributed by atoms with van der Waals surface area (Å²) in [4.78, 5) is 30.7. The van der Waals surface area contributed by atoms with Gasteiger partial charge in [0, 0.05) is 24.2 Å². The van der Waals surface area contributed by atoms with Crippen molar-refractivity contribution in [1.82, 2.24) is 10.3 Å². The zero-order valence-corrected chi connectivity index (χ0v) is 19.7. The van der Waals surface area contributed by atoms with E-state index in [2.05, 4.69) is 24.1 Å². The van der Waals surface area contributed by atoms with E-state index in [0.717, 1.165) is 16.8 Å². The lowest BCUT2D eigenvalue weighted by Gasteiger charge is -2.46. The largest absolute Gasteiger partial charge is 0.461 e. The Kier molecular flexibility index (Phi) is 6.84. The minimum atomic E-state index is -1.26. The van der Waals surface area contributed by atoms with Crippen molar-refractivity contribution in [2.75, 3.05) is 13.2 Å². The van der Waals surface area contributed by atoms with E-state index in [0.29, 0.717) is 6.42 Å². The molecule has 7 heteroatoms. The quantitative estimate of drug-likeness (QED) is 0.499. The highest BCUT2D eigenvalue weighted by atomic mass is 19.1. The Labute approximate surface area is 199 Å². The van der Waals surface area contributed by atoms with Gasteiger partial charge in [0.1, 0.15) is 11.9 Å². The summed E-state index contributed by atoms with van der Waals surface area (Å²) in [7, 11) is 0. The number of pyridine rings is 1. The first-order valence-corrected chi connectivity index (χ1v) is 11.8. The van der Waals surface area contributed by atoms with Crippen LogP contribution in [0.5, 0.6) is 0 Å². The van der Waals surface area contributed by atoms with Crippen LogP contribution < -0.4 is 5.32 Å². The fourth-order valence-corrected chi connectivity index (χ4v) is 5.66. The highest BCUT2D eigenvalue weighted by Crippen LogP contribution is 2.56. The number of cyclic esters (lactones) is 1. The van der Waals surface area contributed by atoms with Crippen LogP contribution in [0.1, 0.15) is 32.9 Å². The van der Waals surface area contributed by atoms with E-state index in [1.54, 1.807) is 12.3 Å². The molecule has 34 heavy (non-hydrogen) atoms. The second kappa shape index (κ2) is 9.66. The third-order valence-electron chi connectivity index (χ3n) is 7.53. The molecule has 1 saturated heterocycles. The molecule has 2 fully saturated rings. The van der Waals surface area contributed by atoms with Crippen molar-refractivity contribution in [3.63, 3.8) is 0 Å². The first-order valence-electron chi connectivity index (χ1n) is 11.8. The van der Waals surface area contributed by atoms with Crippen molar-refractivity contribution in [3.8, 4) is 11.1 Å². The molecule has 0 radical (unpaired) electrons. The number of benzene rings is 1. The average Bonchev–Trinajstić information content (AvgIpc) is 3.08. The lowest BCUT2D eigenvalue weighted by Crippen LogP contribution is -2.56. The molecule has 1 saturated carbocycles. The average molecular weight is 467 g/mol. The van der Waals surface area contributed by atoms with Gasteiger partial charge in [-0.05, 0) is 60.9 Å². The topological polar surface area (TPSA) is 88.5 Å². The number of amides is 1. The van der Waals surface area contributed by atoms with E-state index < -0.39 is 17.5 Å². The maximum atomic E-state index is 13.5. The lowest BCUT2D eigenvalue weighted by molar-refractivity contribution is -0.157. The first-order chi connectivity index (χ1) is 16.3. The van der Waals surface area contributed by atoms with Gasteiger partial charge in [0.15, 0.2) is 5.41 Å². The zero-order valence-electron chi connectivity index (χ0n) is 19.7. The number of carbonyl (C=O) groups excluding carboxylic acids is 2. The maximum absolute atomic E-state index is 13.5. The molecule has 4 unspecified atom stereocenters. The van der Waals surface area contributed by atoms with E-state index in [4.69, 9.17) is 9.84 Å². The first kappa shape index (κ1) is 24.1. The minimum absolute atomic E-state index is 0.0743. The predicted octanol–water partition coefficient (Wildman–Crippen LogP) is 3.85. The van der Waals surface area contributed by atoms with Crippen molar-refractivity contribution in [3.05, 3.63) is 60.2 Å². The van der Waals surface area contributed by atoms with Gasteiger partial charge in [-0.2, -0.15) is 0 Å². The van der Waals surface area contributed by atoms with Crippen LogP contribution >= 0.6 is 0 Å². The number of ether oxygens (including phenoxy) is 1. The number of aliphatic hydroxyl groups excluding tert-OH is 1. The number of nitrogens with one attached hydrogen (secondary N) is 1. The third-order valence-corrected chi connectivity index (χ3v) is 7.53.